The van der Waals surface area contributed by atoms with Gasteiger partial charge < -0.3 is 14.8 Å². The SMILES string of the molecule is CCOc1ccc(NS(=O)(=O)c2ccc(OCC(=O)Nc3cccc(SC)c3)cc2)cc1. The van der Waals surface area contributed by atoms with Gasteiger partial charge in [-0.3, -0.25) is 9.52 Å². The highest BCUT2D eigenvalue weighted by Gasteiger charge is 2.14. The van der Waals surface area contributed by atoms with Gasteiger partial charge in [-0.15, -0.1) is 11.8 Å². The zero-order valence-corrected chi connectivity index (χ0v) is 19.3. The Bertz CT molecular complexity index is 1150. The Balaban J connectivity index is 1.55. The van der Waals surface area contributed by atoms with E-state index < -0.39 is 10.0 Å². The first-order chi connectivity index (χ1) is 15.4. The van der Waals surface area contributed by atoms with Crippen molar-refractivity contribution in [3.63, 3.8) is 0 Å². The fourth-order valence-electron chi connectivity index (χ4n) is 2.76. The number of ether oxygens (including phenoxy) is 2. The van der Waals surface area contributed by atoms with Crippen molar-refractivity contribution in [2.75, 3.05) is 29.5 Å². The Morgan fingerprint density at radius 2 is 1.56 bits per heavy atom. The molecule has 3 aromatic rings. The van der Waals surface area contributed by atoms with Crippen LogP contribution in [-0.4, -0.2) is 33.8 Å². The molecule has 0 unspecified atom stereocenters. The summed E-state index contributed by atoms with van der Waals surface area (Å²) in [5, 5.41) is 2.77. The van der Waals surface area contributed by atoms with Gasteiger partial charge in [0, 0.05) is 16.3 Å². The van der Waals surface area contributed by atoms with Crippen molar-refractivity contribution in [2.45, 2.75) is 16.7 Å². The lowest BCUT2D eigenvalue weighted by Gasteiger charge is -2.11. The van der Waals surface area contributed by atoms with Crippen LogP contribution in [0.2, 0.25) is 0 Å². The van der Waals surface area contributed by atoms with Gasteiger partial charge in [-0.05, 0) is 79.9 Å². The molecule has 0 aliphatic heterocycles. The van der Waals surface area contributed by atoms with Gasteiger partial charge in [0.15, 0.2) is 6.61 Å². The van der Waals surface area contributed by atoms with E-state index in [1.54, 1.807) is 42.1 Å². The van der Waals surface area contributed by atoms with Gasteiger partial charge >= 0.3 is 0 Å². The van der Waals surface area contributed by atoms with Crippen molar-refractivity contribution < 1.29 is 22.7 Å². The van der Waals surface area contributed by atoms with Crippen LogP contribution in [0.1, 0.15) is 6.92 Å². The van der Waals surface area contributed by atoms with E-state index >= 15 is 0 Å². The van der Waals surface area contributed by atoms with E-state index in [-0.39, 0.29) is 17.4 Å². The fourth-order valence-corrected chi connectivity index (χ4v) is 4.28. The molecule has 0 aliphatic carbocycles. The summed E-state index contributed by atoms with van der Waals surface area (Å²) in [5.74, 6) is 0.744. The number of carbonyl (C=O) groups excluding carboxylic acids is 1. The van der Waals surface area contributed by atoms with Gasteiger partial charge in [-0.1, -0.05) is 6.07 Å². The largest absolute Gasteiger partial charge is 0.494 e. The summed E-state index contributed by atoms with van der Waals surface area (Å²) >= 11 is 1.58. The normalized spacial score (nSPS) is 10.9. The monoisotopic (exact) mass is 472 g/mol. The van der Waals surface area contributed by atoms with Crippen molar-refractivity contribution in [3.05, 3.63) is 72.8 Å². The molecular weight excluding hydrogens is 448 g/mol. The minimum Gasteiger partial charge on any atom is -0.494 e. The minimum absolute atomic E-state index is 0.0806. The zero-order valence-electron chi connectivity index (χ0n) is 17.7. The van der Waals surface area contributed by atoms with Crippen LogP contribution in [0.15, 0.2) is 82.6 Å². The molecule has 0 fully saturated rings. The van der Waals surface area contributed by atoms with Crippen LogP contribution >= 0.6 is 11.8 Å². The molecule has 1 amide bonds. The van der Waals surface area contributed by atoms with Gasteiger partial charge in [0.05, 0.1) is 11.5 Å². The van der Waals surface area contributed by atoms with Crippen molar-refractivity contribution >= 4 is 39.1 Å². The molecule has 0 saturated carbocycles. The third-order valence-electron chi connectivity index (χ3n) is 4.27. The third kappa shape index (κ3) is 6.66. The Kier molecular flexibility index (Phi) is 8.02. The van der Waals surface area contributed by atoms with Gasteiger partial charge in [0.25, 0.3) is 15.9 Å². The number of nitrogens with one attached hydrogen (secondary N) is 2. The number of carbonyl (C=O) groups is 1. The summed E-state index contributed by atoms with van der Waals surface area (Å²) < 4.78 is 38.5. The first kappa shape index (κ1) is 23.5. The quantitative estimate of drug-likeness (QED) is 0.418. The first-order valence-corrected chi connectivity index (χ1v) is 12.5. The van der Waals surface area contributed by atoms with E-state index in [1.807, 2.05) is 31.4 Å². The number of anilines is 2. The average Bonchev–Trinajstić information content (AvgIpc) is 2.79. The Morgan fingerprint density at radius 3 is 2.22 bits per heavy atom. The molecule has 2 N–H and O–H groups in total. The maximum absolute atomic E-state index is 12.6. The van der Waals surface area contributed by atoms with E-state index in [9.17, 15) is 13.2 Å². The molecule has 3 aromatic carbocycles. The van der Waals surface area contributed by atoms with Crippen LogP contribution in [-0.2, 0) is 14.8 Å². The number of amides is 1. The summed E-state index contributed by atoms with van der Waals surface area (Å²) in [4.78, 5) is 13.2. The molecule has 7 nitrogen and oxygen atoms in total. The van der Waals surface area contributed by atoms with Crippen LogP contribution in [0.3, 0.4) is 0 Å². The fraction of sp³-hybridized carbons (Fsp3) is 0.174. The van der Waals surface area contributed by atoms with Crippen LogP contribution < -0.4 is 19.5 Å². The second-order valence-electron chi connectivity index (χ2n) is 6.60. The Morgan fingerprint density at radius 1 is 0.906 bits per heavy atom. The molecule has 0 bridgehead atoms. The van der Waals surface area contributed by atoms with E-state index in [4.69, 9.17) is 9.47 Å². The molecule has 0 saturated heterocycles. The van der Waals surface area contributed by atoms with Gasteiger partial charge in [0.2, 0.25) is 0 Å². The molecule has 0 radical (unpaired) electrons. The maximum Gasteiger partial charge on any atom is 0.262 e. The van der Waals surface area contributed by atoms with Crippen LogP contribution in [0.25, 0.3) is 0 Å². The minimum atomic E-state index is -3.76. The van der Waals surface area contributed by atoms with Crippen LogP contribution in [0, 0.1) is 0 Å². The van der Waals surface area contributed by atoms with Crippen molar-refractivity contribution in [1.82, 2.24) is 0 Å². The molecule has 0 aliphatic rings. The molecule has 32 heavy (non-hydrogen) atoms. The predicted octanol–water partition coefficient (Wildman–Crippen LogP) is 4.63. The number of benzene rings is 3. The molecule has 168 valence electrons. The molecule has 0 aromatic heterocycles. The lowest BCUT2D eigenvalue weighted by Crippen LogP contribution is -2.20. The summed E-state index contributed by atoms with van der Waals surface area (Å²) in [6.07, 6.45) is 1.96. The second kappa shape index (κ2) is 10.9. The van der Waals surface area contributed by atoms with Gasteiger partial charge in [0.1, 0.15) is 11.5 Å². The van der Waals surface area contributed by atoms with Gasteiger partial charge in [-0.25, -0.2) is 8.42 Å². The zero-order chi connectivity index (χ0) is 23.0. The number of rotatable bonds is 10. The Hall–Kier alpha value is -3.17. The molecule has 0 heterocycles. The number of hydrogen-bond donors (Lipinski definition) is 2. The topological polar surface area (TPSA) is 93.7 Å². The highest BCUT2D eigenvalue weighted by molar-refractivity contribution is 7.98. The van der Waals surface area contributed by atoms with Crippen molar-refractivity contribution in [1.29, 1.82) is 0 Å². The molecule has 3 rings (SSSR count). The predicted molar refractivity (Wildman–Crippen MR) is 127 cm³/mol. The van der Waals surface area contributed by atoms with Gasteiger partial charge in [-0.2, -0.15) is 0 Å². The molecular formula is C23H24N2O5S2. The van der Waals surface area contributed by atoms with Crippen LogP contribution in [0.5, 0.6) is 11.5 Å². The summed E-state index contributed by atoms with van der Waals surface area (Å²) in [5.41, 5.74) is 1.11. The molecule has 0 atom stereocenters. The number of hydrogen-bond acceptors (Lipinski definition) is 6. The molecule has 0 spiro atoms. The summed E-state index contributed by atoms with van der Waals surface area (Å²) in [6, 6.07) is 20.0. The lowest BCUT2D eigenvalue weighted by molar-refractivity contribution is -0.118. The number of sulfonamides is 1. The third-order valence-corrected chi connectivity index (χ3v) is 6.40. The van der Waals surface area contributed by atoms with Crippen LogP contribution in [0.4, 0.5) is 11.4 Å². The highest BCUT2D eigenvalue weighted by atomic mass is 32.2. The lowest BCUT2D eigenvalue weighted by atomic mass is 10.3. The van der Waals surface area contributed by atoms with E-state index in [0.717, 1.165) is 4.90 Å². The highest BCUT2D eigenvalue weighted by Crippen LogP contribution is 2.22. The number of thioether (sulfide) groups is 1. The summed E-state index contributed by atoms with van der Waals surface area (Å²) in [7, 11) is -3.76. The van der Waals surface area contributed by atoms with E-state index in [2.05, 4.69) is 10.0 Å². The summed E-state index contributed by atoms with van der Waals surface area (Å²) in [6.45, 7) is 2.22. The van der Waals surface area contributed by atoms with Crippen molar-refractivity contribution in [3.8, 4) is 11.5 Å². The smallest absolute Gasteiger partial charge is 0.262 e. The second-order valence-corrected chi connectivity index (χ2v) is 9.17. The average molecular weight is 473 g/mol. The first-order valence-electron chi connectivity index (χ1n) is 9.82. The standard InChI is InChI=1S/C23H24N2O5S2/c1-3-29-19-9-7-17(8-10-19)25-32(27,28)22-13-11-20(12-14-22)30-16-23(26)24-18-5-4-6-21(15-18)31-2/h4-15,25H,3,16H2,1-2H3,(H,24,26). The van der Waals surface area contributed by atoms with E-state index in [0.29, 0.717) is 29.5 Å². The Labute approximate surface area is 192 Å². The van der Waals surface area contributed by atoms with Crippen molar-refractivity contribution in [2.24, 2.45) is 0 Å². The maximum atomic E-state index is 12.6. The van der Waals surface area contributed by atoms with E-state index in [1.165, 1.54) is 24.3 Å². The molecule has 9 heteroatoms.